The summed E-state index contributed by atoms with van der Waals surface area (Å²) in [5.41, 5.74) is 0.979. The van der Waals surface area contributed by atoms with Crippen LogP contribution in [0.4, 0.5) is 4.79 Å². The number of hydrogen-bond acceptors (Lipinski definition) is 3. The zero-order valence-electron chi connectivity index (χ0n) is 10.7. The first kappa shape index (κ1) is 14.2. The molecule has 0 aliphatic carbocycles. The molecule has 0 unspecified atom stereocenters. The van der Waals surface area contributed by atoms with Crippen molar-refractivity contribution in [3.63, 3.8) is 0 Å². The first-order chi connectivity index (χ1) is 8.77. The molecule has 0 heterocycles. The summed E-state index contributed by atoms with van der Waals surface area (Å²) in [5.74, 6) is 0. The number of benzene rings is 1. The van der Waals surface area contributed by atoms with Gasteiger partial charge < -0.3 is 9.53 Å². The van der Waals surface area contributed by atoms with Gasteiger partial charge in [-0.2, -0.15) is 0 Å². The molecule has 0 aliphatic heterocycles. The highest BCUT2D eigenvalue weighted by molar-refractivity contribution is 5.71. The molecule has 1 rings (SSSR count). The van der Waals surface area contributed by atoms with Crippen LogP contribution in [0.5, 0.6) is 0 Å². The second kappa shape index (κ2) is 8.28. The molecule has 0 spiro atoms. The number of nitrogens with zero attached hydrogens (tertiary/aromatic N) is 1. The lowest BCUT2D eigenvalue weighted by atomic mass is 10.2. The molecule has 4 nitrogen and oxygen atoms in total. The molecule has 0 atom stereocenters. The summed E-state index contributed by atoms with van der Waals surface area (Å²) in [6.45, 7) is 2.88. The van der Waals surface area contributed by atoms with E-state index in [1.165, 1.54) is 4.90 Å². The van der Waals surface area contributed by atoms with E-state index < -0.39 is 6.09 Å². The van der Waals surface area contributed by atoms with Crippen molar-refractivity contribution in [3.8, 4) is 0 Å². The highest BCUT2D eigenvalue weighted by Gasteiger charge is 2.14. The van der Waals surface area contributed by atoms with Gasteiger partial charge in [0, 0.05) is 6.54 Å². The molecule has 0 N–H and O–H groups in total. The fourth-order valence-corrected chi connectivity index (χ4v) is 1.49. The van der Waals surface area contributed by atoms with Crippen LogP contribution in [0.15, 0.2) is 30.3 Å². The van der Waals surface area contributed by atoms with E-state index in [1.54, 1.807) is 0 Å². The van der Waals surface area contributed by atoms with Crippen molar-refractivity contribution in [2.24, 2.45) is 0 Å². The first-order valence-electron chi connectivity index (χ1n) is 6.17. The Morgan fingerprint density at radius 1 is 1.33 bits per heavy atom. The van der Waals surface area contributed by atoms with E-state index in [4.69, 9.17) is 4.74 Å². The fraction of sp³-hybridized carbons (Fsp3) is 0.429. The van der Waals surface area contributed by atoms with Crippen molar-refractivity contribution < 1.29 is 14.3 Å². The molecule has 0 aromatic heterocycles. The third-order valence-corrected chi connectivity index (χ3v) is 2.49. The normalized spacial score (nSPS) is 9.83. The molecule has 0 saturated heterocycles. The fourth-order valence-electron chi connectivity index (χ4n) is 1.49. The van der Waals surface area contributed by atoms with Crippen LogP contribution in [-0.2, 0) is 16.1 Å². The maximum absolute atomic E-state index is 11.8. The zero-order valence-corrected chi connectivity index (χ0v) is 10.7. The number of aldehydes is 1. The quantitative estimate of drug-likeness (QED) is 0.551. The van der Waals surface area contributed by atoms with Gasteiger partial charge in [0.25, 0.3) is 0 Å². The largest absolute Gasteiger partial charge is 0.449 e. The molecule has 0 bridgehead atoms. The molecule has 98 valence electrons. The molecule has 0 radical (unpaired) electrons. The van der Waals surface area contributed by atoms with E-state index in [9.17, 15) is 9.59 Å². The van der Waals surface area contributed by atoms with Crippen molar-refractivity contribution in [1.29, 1.82) is 0 Å². The van der Waals surface area contributed by atoms with Crippen LogP contribution >= 0.6 is 0 Å². The Morgan fingerprint density at radius 3 is 2.67 bits per heavy atom. The summed E-state index contributed by atoms with van der Waals surface area (Å²) in [6.07, 6.45) is 2.09. The van der Waals surface area contributed by atoms with Gasteiger partial charge in [-0.3, -0.25) is 4.90 Å². The Hall–Kier alpha value is -1.84. The predicted molar refractivity (Wildman–Crippen MR) is 69.2 cm³/mol. The van der Waals surface area contributed by atoms with Crippen molar-refractivity contribution in [1.82, 2.24) is 4.90 Å². The van der Waals surface area contributed by atoms with Crippen LogP contribution in [0.25, 0.3) is 0 Å². The first-order valence-corrected chi connectivity index (χ1v) is 6.17. The van der Waals surface area contributed by atoms with Gasteiger partial charge >= 0.3 is 6.09 Å². The van der Waals surface area contributed by atoms with Crippen LogP contribution in [0.1, 0.15) is 25.3 Å². The van der Waals surface area contributed by atoms with Gasteiger partial charge in [0.2, 0.25) is 0 Å². The van der Waals surface area contributed by atoms with Gasteiger partial charge in [-0.05, 0) is 12.0 Å². The number of carbonyl (C=O) groups excluding carboxylic acids is 2. The minimum absolute atomic E-state index is 0.0554. The Bertz CT molecular complexity index is 365. The number of rotatable bonds is 7. The van der Waals surface area contributed by atoms with Crippen molar-refractivity contribution in [3.05, 3.63) is 35.9 Å². The number of hydrogen-bond donors (Lipinski definition) is 0. The molecule has 1 aromatic rings. The minimum Gasteiger partial charge on any atom is -0.449 e. The highest BCUT2D eigenvalue weighted by atomic mass is 16.6. The lowest BCUT2D eigenvalue weighted by Crippen LogP contribution is -2.32. The standard InChI is InChI=1S/C14H19NO3/c1-2-3-11-18-14(17)15(9-10-16)12-13-7-5-4-6-8-13/h4-8,10H,2-3,9,11-12H2,1H3. The average molecular weight is 249 g/mol. The zero-order chi connectivity index (χ0) is 13.2. The topological polar surface area (TPSA) is 46.6 Å². The molecular weight excluding hydrogens is 230 g/mol. The van der Waals surface area contributed by atoms with Gasteiger partial charge in [-0.1, -0.05) is 43.7 Å². The van der Waals surface area contributed by atoms with Gasteiger partial charge in [-0.25, -0.2) is 4.79 Å². The Morgan fingerprint density at radius 2 is 2.06 bits per heavy atom. The van der Waals surface area contributed by atoms with E-state index in [0.29, 0.717) is 19.4 Å². The smallest absolute Gasteiger partial charge is 0.410 e. The van der Waals surface area contributed by atoms with Gasteiger partial charge in [0.15, 0.2) is 0 Å². The minimum atomic E-state index is -0.431. The summed E-state index contributed by atoms with van der Waals surface area (Å²) in [4.78, 5) is 23.7. The number of ether oxygens (including phenoxy) is 1. The van der Waals surface area contributed by atoms with Crippen LogP contribution in [0.3, 0.4) is 0 Å². The molecule has 18 heavy (non-hydrogen) atoms. The van der Waals surface area contributed by atoms with E-state index in [0.717, 1.165) is 18.4 Å². The Kier molecular flexibility index (Phi) is 6.54. The second-order valence-electron chi connectivity index (χ2n) is 4.00. The molecule has 0 fully saturated rings. The average Bonchev–Trinajstić information content (AvgIpc) is 2.39. The van der Waals surface area contributed by atoms with E-state index >= 15 is 0 Å². The van der Waals surface area contributed by atoms with Gasteiger partial charge in [0.1, 0.15) is 6.29 Å². The number of carbonyl (C=O) groups is 2. The lowest BCUT2D eigenvalue weighted by Gasteiger charge is -2.19. The lowest BCUT2D eigenvalue weighted by molar-refractivity contribution is -0.108. The van der Waals surface area contributed by atoms with Crippen molar-refractivity contribution in [2.45, 2.75) is 26.3 Å². The molecule has 0 aliphatic rings. The van der Waals surface area contributed by atoms with E-state index in [2.05, 4.69) is 0 Å². The van der Waals surface area contributed by atoms with Crippen molar-refractivity contribution in [2.75, 3.05) is 13.2 Å². The summed E-state index contributed by atoms with van der Waals surface area (Å²) >= 11 is 0. The summed E-state index contributed by atoms with van der Waals surface area (Å²) in [5, 5.41) is 0. The number of amides is 1. The Balaban J connectivity index is 2.53. The highest BCUT2D eigenvalue weighted by Crippen LogP contribution is 2.05. The SMILES string of the molecule is CCCCOC(=O)N(CC=O)Cc1ccccc1. The third-order valence-electron chi connectivity index (χ3n) is 2.49. The molecule has 1 amide bonds. The maximum atomic E-state index is 11.8. The van der Waals surface area contributed by atoms with Crippen LogP contribution in [-0.4, -0.2) is 30.4 Å². The Labute approximate surface area is 108 Å². The summed E-state index contributed by atoms with van der Waals surface area (Å²) < 4.78 is 5.10. The van der Waals surface area contributed by atoms with E-state index in [1.807, 2.05) is 37.3 Å². The molecule has 4 heteroatoms. The monoisotopic (exact) mass is 249 g/mol. The van der Waals surface area contributed by atoms with Crippen LogP contribution < -0.4 is 0 Å². The van der Waals surface area contributed by atoms with Gasteiger partial charge in [0.05, 0.1) is 13.2 Å². The van der Waals surface area contributed by atoms with Crippen molar-refractivity contribution >= 4 is 12.4 Å². The molecule has 0 saturated carbocycles. The predicted octanol–water partition coefficient (Wildman–Crippen LogP) is 2.62. The van der Waals surface area contributed by atoms with E-state index in [-0.39, 0.29) is 6.54 Å². The molecule has 1 aromatic carbocycles. The van der Waals surface area contributed by atoms with Crippen LogP contribution in [0.2, 0.25) is 0 Å². The molecular formula is C14H19NO3. The summed E-state index contributed by atoms with van der Waals surface area (Å²) in [6, 6.07) is 9.54. The van der Waals surface area contributed by atoms with Gasteiger partial charge in [-0.15, -0.1) is 0 Å². The van der Waals surface area contributed by atoms with Crippen LogP contribution in [0, 0.1) is 0 Å². The third kappa shape index (κ3) is 4.99. The summed E-state index contributed by atoms with van der Waals surface area (Å²) in [7, 11) is 0. The second-order valence-corrected chi connectivity index (χ2v) is 4.00. The number of unbranched alkanes of at least 4 members (excludes halogenated alkanes) is 1. The maximum Gasteiger partial charge on any atom is 0.410 e.